The number of nitrogens with one attached hydrogen (secondary N) is 1. The fourth-order valence-corrected chi connectivity index (χ4v) is 3.94. The summed E-state index contributed by atoms with van der Waals surface area (Å²) in [4.78, 5) is 25.9. The maximum atomic E-state index is 12.4. The van der Waals surface area contributed by atoms with Crippen LogP contribution in [0.5, 0.6) is 0 Å². The van der Waals surface area contributed by atoms with Gasteiger partial charge in [0.2, 0.25) is 11.8 Å². The minimum Gasteiger partial charge on any atom is -0.342 e. The van der Waals surface area contributed by atoms with Crippen molar-refractivity contribution in [1.82, 2.24) is 10.2 Å². The molecule has 3 aliphatic rings. The first-order valence-electron chi connectivity index (χ1n) is 6.77. The van der Waals surface area contributed by atoms with Crippen molar-refractivity contribution >= 4 is 23.6 Å². The standard InChI is InChI=1S/C13H20N2O2S/c1-18-13(5-2-6-13)8-15-7-10(16)14-11(12(15)17)9-3-4-9/h9,11H,2-8H2,1H3,(H,14,16). The SMILES string of the molecule is CSC1(CN2CC(=O)NC(C3CC3)C2=O)CCC1. The molecule has 4 nitrogen and oxygen atoms in total. The van der Waals surface area contributed by atoms with Gasteiger partial charge in [-0.2, -0.15) is 11.8 Å². The van der Waals surface area contributed by atoms with Gasteiger partial charge in [0.05, 0.1) is 6.54 Å². The van der Waals surface area contributed by atoms with Crippen molar-refractivity contribution in [2.45, 2.75) is 42.9 Å². The summed E-state index contributed by atoms with van der Waals surface area (Å²) in [6, 6.07) is -0.231. The highest BCUT2D eigenvalue weighted by Crippen LogP contribution is 2.44. The van der Waals surface area contributed by atoms with Crippen LogP contribution in [0.4, 0.5) is 0 Å². The lowest BCUT2D eigenvalue weighted by Crippen LogP contribution is -2.61. The highest BCUT2D eigenvalue weighted by Gasteiger charge is 2.46. The van der Waals surface area contributed by atoms with Crippen molar-refractivity contribution in [2.24, 2.45) is 5.92 Å². The molecule has 1 N–H and O–H groups in total. The van der Waals surface area contributed by atoms with Gasteiger partial charge in [-0.1, -0.05) is 6.42 Å². The van der Waals surface area contributed by atoms with Crippen molar-refractivity contribution in [3.63, 3.8) is 0 Å². The zero-order valence-electron chi connectivity index (χ0n) is 10.8. The van der Waals surface area contributed by atoms with E-state index >= 15 is 0 Å². The monoisotopic (exact) mass is 268 g/mol. The van der Waals surface area contributed by atoms with E-state index in [4.69, 9.17) is 0 Å². The van der Waals surface area contributed by atoms with Crippen molar-refractivity contribution in [1.29, 1.82) is 0 Å². The Morgan fingerprint density at radius 2 is 2.11 bits per heavy atom. The molecule has 2 aliphatic carbocycles. The molecule has 0 aromatic carbocycles. The second kappa shape index (κ2) is 4.44. The molecule has 0 bridgehead atoms. The first-order chi connectivity index (χ1) is 8.63. The van der Waals surface area contributed by atoms with Crippen LogP contribution in [0.25, 0.3) is 0 Å². The molecule has 18 heavy (non-hydrogen) atoms. The van der Waals surface area contributed by atoms with E-state index in [0.29, 0.717) is 5.92 Å². The van der Waals surface area contributed by atoms with Gasteiger partial charge in [-0.25, -0.2) is 0 Å². The summed E-state index contributed by atoms with van der Waals surface area (Å²) in [6.45, 7) is 1.01. The lowest BCUT2D eigenvalue weighted by Gasteiger charge is -2.45. The zero-order chi connectivity index (χ0) is 12.8. The van der Waals surface area contributed by atoms with Crippen LogP contribution >= 0.6 is 11.8 Å². The van der Waals surface area contributed by atoms with Gasteiger partial charge in [-0.3, -0.25) is 9.59 Å². The molecule has 100 valence electrons. The number of carbonyl (C=O) groups excluding carboxylic acids is 2. The van der Waals surface area contributed by atoms with E-state index in [2.05, 4.69) is 11.6 Å². The number of amides is 2. The van der Waals surface area contributed by atoms with E-state index in [0.717, 1.165) is 19.4 Å². The summed E-state index contributed by atoms with van der Waals surface area (Å²) >= 11 is 1.86. The van der Waals surface area contributed by atoms with Gasteiger partial charge in [0, 0.05) is 11.3 Å². The van der Waals surface area contributed by atoms with Gasteiger partial charge >= 0.3 is 0 Å². The minimum atomic E-state index is -0.231. The molecule has 0 aromatic rings. The normalized spacial score (nSPS) is 30.9. The highest BCUT2D eigenvalue weighted by atomic mass is 32.2. The molecule has 5 heteroatoms. The summed E-state index contributed by atoms with van der Waals surface area (Å²) in [5.74, 6) is 0.565. The van der Waals surface area contributed by atoms with E-state index in [1.54, 1.807) is 4.90 Å². The molecule has 0 spiro atoms. The predicted molar refractivity (Wildman–Crippen MR) is 71.3 cm³/mol. The van der Waals surface area contributed by atoms with Gasteiger partial charge in [-0.05, 0) is 37.9 Å². The first kappa shape index (κ1) is 12.3. The number of thioether (sulfide) groups is 1. The van der Waals surface area contributed by atoms with Crippen molar-refractivity contribution in [2.75, 3.05) is 19.3 Å². The molecule has 0 radical (unpaired) electrons. The van der Waals surface area contributed by atoms with Crippen LogP contribution in [0.2, 0.25) is 0 Å². The van der Waals surface area contributed by atoms with Gasteiger partial charge < -0.3 is 10.2 Å². The Morgan fingerprint density at radius 1 is 1.39 bits per heavy atom. The molecule has 1 aliphatic heterocycles. The molecule has 1 atom stereocenters. The zero-order valence-corrected chi connectivity index (χ0v) is 11.6. The molecule has 2 amide bonds. The van der Waals surface area contributed by atoms with Gasteiger partial charge in [-0.15, -0.1) is 0 Å². The summed E-state index contributed by atoms with van der Waals surface area (Å²) in [7, 11) is 0. The van der Waals surface area contributed by atoms with Crippen LogP contribution in [0, 0.1) is 5.92 Å². The third-order valence-electron chi connectivity index (χ3n) is 4.50. The third kappa shape index (κ3) is 2.13. The summed E-state index contributed by atoms with van der Waals surface area (Å²) < 4.78 is 0.224. The maximum absolute atomic E-state index is 12.4. The van der Waals surface area contributed by atoms with Crippen molar-refractivity contribution < 1.29 is 9.59 Å². The smallest absolute Gasteiger partial charge is 0.245 e. The van der Waals surface area contributed by atoms with Crippen LogP contribution in [0.1, 0.15) is 32.1 Å². The van der Waals surface area contributed by atoms with Crippen LogP contribution in [0.15, 0.2) is 0 Å². The Morgan fingerprint density at radius 3 is 2.61 bits per heavy atom. The Hall–Kier alpha value is -0.710. The molecular weight excluding hydrogens is 248 g/mol. The number of piperazine rings is 1. The fourth-order valence-electron chi connectivity index (χ4n) is 2.96. The Labute approximate surface area is 112 Å². The summed E-state index contributed by atoms with van der Waals surface area (Å²) in [5, 5.41) is 2.86. The van der Waals surface area contributed by atoms with Crippen LogP contribution in [-0.4, -0.2) is 46.8 Å². The average Bonchev–Trinajstić information content (AvgIpc) is 3.11. The topological polar surface area (TPSA) is 49.4 Å². The lowest BCUT2D eigenvalue weighted by atomic mass is 9.83. The molecule has 1 saturated heterocycles. The molecule has 3 rings (SSSR count). The maximum Gasteiger partial charge on any atom is 0.245 e. The van der Waals surface area contributed by atoms with E-state index in [1.165, 1.54) is 19.3 Å². The molecule has 0 aromatic heterocycles. The largest absolute Gasteiger partial charge is 0.342 e. The second-order valence-electron chi connectivity index (χ2n) is 5.82. The second-order valence-corrected chi connectivity index (χ2v) is 7.09. The molecule has 1 heterocycles. The van der Waals surface area contributed by atoms with Crippen LogP contribution in [0.3, 0.4) is 0 Å². The Balaban J connectivity index is 1.69. The molecular formula is C13H20N2O2S. The quantitative estimate of drug-likeness (QED) is 0.828. The number of hydrogen-bond acceptors (Lipinski definition) is 3. The van der Waals surface area contributed by atoms with E-state index in [-0.39, 0.29) is 29.1 Å². The molecule has 2 saturated carbocycles. The first-order valence-corrected chi connectivity index (χ1v) is 7.99. The number of hydrogen-bond donors (Lipinski definition) is 1. The van der Waals surface area contributed by atoms with Gasteiger partial charge in [0.25, 0.3) is 0 Å². The summed E-state index contributed by atoms with van der Waals surface area (Å²) in [6.07, 6.45) is 7.88. The predicted octanol–water partition coefficient (Wildman–Crippen LogP) is 1.01. The Bertz CT molecular complexity index is 372. The number of carbonyl (C=O) groups is 2. The lowest BCUT2D eigenvalue weighted by molar-refractivity contribution is -0.145. The minimum absolute atomic E-state index is 0.0158. The van der Waals surface area contributed by atoms with Crippen LogP contribution < -0.4 is 5.32 Å². The highest BCUT2D eigenvalue weighted by molar-refractivity contribution is 8.00. The van der Waals surface area contributed by atoms with Gasteiger partial charge in [0.15, 0.2) is 0 Å². The molecule has 1 unspecified atom stereocenters. The van der Waals surface area contributed by atoms with Gasteiger partial charge in [0.1, 0.15) is 6.04 Å². The van der Waals surface area contributed by atoms with Crippen LogP contribution in [-0.2, 0) is 9.59 Å². The van der Waals surface area contributed by atoms with E-state index in [9.17, 15) is 9.59 Å². The Kier molecular flexibility index (Phi) is 3.04. The number of nitrogens with zero attached hydrogens (tertiary/aromatic N) is 1. The third-order valence-corrected chi connectivity index (χ3v) is 5.90. The van der Waals surface area contributed by atoms with E-state index in [1.807, 2.05) is 11.8 Å². The van der Waals surface area contributed by atoms with E-state index < -0.39 is 0 Å². The average molecular weight is 268 g/mol. The van der Waals surface area contributed by atoms with Crippen molar-refractivity contribution in [3.8, 4) is 0 Å². The fraction of sp³-hybridized carbons (Fsp3) is 0.846. The molecule has 3 fully saturated rings. The summed E-state index contributed by atoms with van der Waals surface area (Å²) in [5.41, 5.74) is 0. The van der Waals surface area contributed by atoms with Crippen molar-refractivity contribution in [3.05, 3.63) is 0 Å². The number of rotatable bonds is 4.